The fourth-order valence-corrected chi connectivity index (χ4v) is 3.41. The molecule has 9 nitrogen and oxygen atoms in total. The second-order valence-corrected chi connectivity index (χ2v) is 6.67. The van der Waals surface area contributed by atoms with Crippen molar-refractivity contribution in [1.82, 2.24) is 9.55 Å². The Balaban J connectivity index is 1.64. The summed E-state index contributed by atoms with van der Waals surface area (Å²) in [6.07, 6.45) is 1.08. The smallest absolute Gasteiger partial charge is 0.351 e. The van der Waals surface area contributed by atoms with Gasteiger partial charge in [-0.3, -0.25) is 4.57 Å². The van der Waals surface area contributed by atoms with E-state index in [0.717, 1.165) is 24.1 Å². The van der Waals surface area contributed by atoms with E-state index in [0.29, 0.717) is 23.9 Å². The molecule has 2 aromatic rings. The van der Waals surface area contributed by atoms with Gasteiger partial charge in [-0.2, -0.15) is 4.98 Å². The van der Waals surface area contributed by atoms with E-state index < -0.39 is 24.1 Å². The lowest BCUT2D eigenvalue weighted by molar-refractivity contribution is -0.0459. The van der Waals surface area contributed by atoms with Crippen LogP contribution in [0.3, 0.4) is 0 Å². The van der Waals surface area contributed by atoms with Crippen LogP contribution in [0.15, 0.2) is 29.2 Å². The number of nitrogens with one attached hydrogen (secondary N) is 1. The van der Waals surface area contributed by atoms with Crippen LogP contribution in [0.1, 0.15) is 24.6 Å². The number of aliphatic hydroxyl groups excluding tert-OH is 2. The molecule has 1 aromatic carbocycles. The maximum absolute atomic E-state index is 12.5. The first-order chi connectivity index (χ1) is 13.1. The van der Waals surface area contributed by atoms with Gasteiger partial charge >= 0.3 is 5.69 Å². The number of nitrogens with zero attached hydrogens (tertiary/aromatic N) is 2. The van der Waals surface area contributed by atoms with Crippen LogP contribution in [0.2, 0.25) is 0 Å². The Bertz CT molecular complexity index is 900. The normalized spacial score (nSPS) is 23.3. The molecule has 0 aliphatic carbocycles. The molecule has 0 spiro atoms. The molecule has 2 aliphatic heterocycles. The molecule has 2 aliphatic rings. The van der Waals surface area contributed by atoms with Crippen molar-refractivity contribution in [3.05, 3.63) is 40.4 Å². The highest BCUT2D eigenvalue weighted by Gasteiger charge is 2.35. The van der Waals surface area contributed by atoms with Gasteiger partial charge in [0.2, 0.25) is 0 Å². The van der Waals surface area contributed by atoms with E-state index in [-0.39, 0.29) is 13.0 Å². The SMILES string of the molecule is NCCCc1cccc2c1Nc1nc(=O)n(C3CC(O)C(CO)O3)cc1O2. The minimum absolute atomic E-state index is 0.193. The van der Waals surface area contributed by atoms with Gasteiger partial charge in [-0.1, -0.05) is 12.1 Å². The molecule has 3 atom stereocenters. The lowest BCUT2D eigenvalue weighted by Gasteiger charge is -2.24. The van der Waals surface area contributed by atoms with Crippen molar-refractivity contribution in [2.24, 2.45) is 5.73 Å². The minimum Gasteiger partial charge on any atom is -0.450 e. The Hall–Kier alpha value is -2.46. The van der Waals surface area contributed by atoms with E-state index in [1.54, 1.807) is 0 Å². The average Bonchev–Trinajstić information content (AvgIpc) is 3.04. The molecular weight excluding hydrogens is 352 g/mol. The van der Waals surface area contributed by atoms with Crippen LogP contribution in [-0.2, 0) is 11.2 Å². The van der Waals surface area contributed by atoms with Crippen molar-refractivity contribution in [1.29, 1.82) is 0 Å². The summed E-state index contributed by atoms with van der Waals surface area (Å²) in [5.74, 6) is 1.37. The van der Waals surface area contributed by atoms with Crippen LogP contribution in [0.5, 0.6) is 11.5 Å². The Morgan fingerprint density at radius 3 is 2.96 bits per heavy atom. The van der Waals surface area contributed by atoms with E-state index in [1.165, 1.54) is 10.8 Å². The van der Waals surface area contributed by atoms with E-state index in [2.05, 4.69) is 10.3 Å². The third-order valence-corrected chi connectivity index (χ3v) is 4.84. The first-order valence-corrected chi connectivity index (χ1v) is 8.95. The van der Waals surface area contributed by atoms with Crippen LogP contribution in [0.4, 0.5) is 11.5 Å². The summed E-state index contributed by atoms with van der Waals surface area (Å²) in [7, 11) is 0. The highest BCUT2D eigenvalue weighted by Crippen LogP contribution is 2.42. The third-order valence-electron chi connectivity index (χ3n) is 4.84. The number of ether oxygens (including phenoxy) is 2. The number of aromatic nitrogens is 2. The zero-order valence-electron chi connectivity index (χ0n) is 14.7. The van der Waals surface area contributed by atoms with Gasteiger partial charge in [0.25, 0.3) is 0 Å². The molecule has 0 radical (unpaired) electrons. The summed E-state index contributed by atoms with van der Waals surface area (Å²) in [5.41, 5.74) is 6.91. The summed E-state index contributed by atoms with van der Waals surface area (Å²) in [5, 5.41) is 22.3. The first kappa shape index (κ1) is 17.9. The van der Waals surface area contributed by atoms with E-state index in [9.17, 15) is 15.0 Å². The fraction of sp³-hybridized carbons (Fsp3) is 0.444. The molecule has 5 N–H and O–H groups in total. The molecule has 9 heteroatoms. The second-order valence-electron chi connectivity index (χ2n) is 6.67. The number of hydrogen-bond donors (Lipinski definition) is 4. The maximum atomic E-state index is 12.5. The Morgan fingerprint density at radius 1 is 1.37 bits per heavy atom. The summed E-state index contributed by atoms with van der Waals surface area (Å²) in [6.45, 7) is 0.272. The van der Waals surface area contributed by atoms with Gasteiger partial charge in [0, 0.05) is 6.42 Å². The fourth-order valence-electron chi connectivity index (χ4n) is 3.41. The van der Waals surface area contributed by atoms with Crippen LogP contribution in [-0.4, -0.2) is 45.1 Å². The zero-order valence-corrected chi connectivity index (χ0v) is 14.7. The van der Waals surface area contributed by atoms with Gasteiger partial charge in [0.1, 0.15) is 12.3 Å². The lowest BCUT2D eigenvalue weighted by atomic mass is 10.1. The first-order valence-electron chi connectivity index (χ1n) is 8.95. The van der Waals surface area contributed by atoms with Crippen molar-refractivity contribution >= 4 is 11.5 Å². The van der Waals surface area contributed by atoms with Gasteiger partial charge in [-0.15, -0.1) is 0 Å². The molecule has 27 heavy (non-hydrogen) atoms. The van der Waals surface area contributed by atoms with Crippen LogP contribution in [0, 0.1) is 0 Å². The quantitative estimate of drug-likeness (QED) is 0.511. The highest BCUT2D eigenvalue weighted by molar-refractivity contribution is 5.75. The second kappa shape index (κ2) is 7.28. The summed E-state index contributed by atoms with van der Waals surface area (Å²) < 4.78 is 12.8. The number of aryl methyl sites for hydroxylation is 1. The Morgan fingerprint density at radius 2 is 2.22 bits per heavy atom. The Labute approximate surface area is 155 Å². The molecule has 3 heterocycles. The molecule has 0 bridgehead atoms. The van der Waals surface area contributed by atoms with Crippen molar-refractivity contribution in [3.63, 3.8) is 0 Å². The summed E-state index contributed by atoms with van der Waals surface area (Å²) in [6, 6.07) is 5.73. The van der Waals surface area contributed by atoms with Gasteiger partial charge in [0.15, 0.2) is 17.3 Å². The number of fused-ring (bicyclic) bond motifs is 2. The monoisotopic (exact) mass is 374 g/mol. The molecule has 1 fully saturated rings. The maximum Gasteiger partial charge on any atom is 0.351 e. The van der Waals surface area contributed by atoms with Crippen LogP contribution >= 0.6 is 0 Å². The number of benzene rings is 1. The van der Waals surface area contributed by atoms with Crippen molar-refractivity contribution < 1.29 is 19.7 Å². The molecule has 1 saturated heterocycles. The number of para-hydroxylation sites is 1. The number of nitrogens with two attached hydrogens (primary N) is 1. The standard InChI is InChI=1S/C18H22N4O5/c19-6-2-4-10-3-1-5-12-16(10)20-17-13(26-12)8-22(18(25)21-17)15-7-11(24)14(9-23)27-15/h1,3,5,8,11,14-15,23-24H,2,4,6-7,9,19H2,(H,20,21,25). The average molecular weight is 374 g/mol. The molecule has 0 saturated carbocycles. The zero-order chi connectivity index (χ0) is 19.0. The van der Waals surface area contributed by atoms with Gasteiger partial charge in [0.05, 0.1) is 24.6 Å². The number of aliphatic hydroxyl groups is 2. The number of hydrogen-bond acceptors (Lipinski definition) is 8. The third kappa shape index (κ3) is 3.30. The minimum atomic E-state index is -0.840. The highest BCUT2D eigenvalue weighted by atomic mass is 16.5. The largest absolute Gasteiger partial charge is 0.450 e. The van der Waals surface area contributed by atoms with Gasteiger partial charge in [-0.05, 0) is 31.0 Å². The summed E-state index contributed by atoms with van der Waals surface area (Å²) >= 11 is 0. The van der Waals surface area contributed by atoms with Crippen molar-refractivity contribution in [3.8, 4) is 11.5 Å². The molecule has 4 rings (SSSR count). The topological polar surface area (TPSA) is 132 Å². The predicted molar refractivity (Wildman–Crippen MR) is 97.3 cm³/mol. The van der Waals surface area contributed by atoms with Crippen molar-refractivity contribution in [2.75, 3.05) is 18.5 Å². The van der Waals surface area contributed by atoms with E-state index >= 15 is 0 Å². The van der Waals surface area contributed by atoms with Gasteiger partial charge < -0.3 is 30.7 Å². The molecule has 0 amide bonds. The molecule has 1 aromatic heterocycles. The molecular formula is C18H22N4O5. The van der Waals surface area contributed by atoms with E-state index in [1.807, 2.05) is 18.2 Å². The predicted octanol–water partition coefficient (Wildman–Crippen LogP) is 0.625. The Kier molecular flexibility index (Phi) is 4.83. The summed E-state index contributed by atoms with van der Waals surface area (Å²) in [4.78, 5) is 16.5. The van der Waals surface area contributed by atoms with Crippen molar-refractivity contribution in [2.45, 2.75) is 37.7 Å². The number of rotatable bonds is 5. The molecule has 3 unspecified atom stereocenters. The molecule has 144 valence electrons. The lowest BCUT2D eigenvalue weighted by Crippen LogP contribution is -2.29. The van der Waals surface area contributed by atoms with E-state index in [4.69, 9.17) is 15.2 Å². The number of anilines is 2. The van der Waals surface area contributed by atoms with Crippen LogP contribution < -0.4 is 21.5 Å². The van der Waals surface area contributed by atoms with Crippen LogP contribution in [0.25, 0.3) is 0 Å². The van der Waals surface area contributed by atoms with Gasteiger partial charge in [-0.25, -0.2) is 4.79 Å².